The molecule has 1 aromatic carbocycles. The Hall–Kier alpha value is -1.37. The van der Waals surface area contributed by atoms with Crippen LogP contribution in [0.3, 0.4) is 0 Å². The summed E-state index contributed by atoms with van der Waals surface area (Å²) in [6, 6.07) is 9.27. The number of benzene rings is 1. The van der Waals surface area contributed by atoms with Crippen molar-refractivity contribution in [3.8, 4) is 6.07 Å². The van der Waals surface area contributed by atoms with Gasteiger partial charge in [-0.3, -0.25) is 0 Å². The van der Waals surface area contributed by atoms with Gasteiger partial charge in [0.05, 0.1) is 25.0 Å². The summed E-state index contributed by atoms with van der Waals surface area (Å²) >= 11 is 0. The molecule has 0 saturated heterocycles. The van der Waals surface area contributed by atoms with E-state index in [1.807, 2.05) is 18.2 Å². The molecular formula is C9H10N2O. The van der Waals surface area contributed by atoms with E-state index in [1.165, 1.54) is 0 Å². The van der Waals surface area contributed by atoms with Crippen LogP contribution >= 0.6 is 0 Å². The summed E-state index contributed by atoms with van der Waals surface area (Å²) in [5.74, 6) is 0. The van der Waals surface area contributed by atoms with E-state index in [0.717, 1.165) is 5.56 Å². The smallest absolute Gasteiger partial charge is 0.0991 e. The second-order valence-electron chi connectivity index (χ2n) is 2.32. The van der Waals surface area contributed by atoms with Crippen molar-refractivity contribution in [2.75, 3.05) is 6.73 Å². The first kappa shape index (κ1) is 8.72. The van der Waals surface area contributed by atoms with E-state index < -0.39 is 0 Å². The highest BCUT2D eigenvalue weighted by molar-refractivity contribution is 5.31. The molecule has 0 spiro atoms. The Balaban J connectivity index is 2.60. The molecule has 0 bridgehead atoms. The van der Waals surface area contributed by atoms with Gasteiger partial charge in [-0.25, -0.2) is 0 Å². The molecule has 0 fully saturated rings. The summed E-state index contributed by atoms with van der Waals surface area (Å²) in [6.07, 6.45) is 0. The van der Waals surface area contributed by atoms with E-state index in [4.69, 9.17) is 15.7 Å². The molecule has 1 rings (SSSR count). The summed E-state index contributed by atoms with van der Waals surface area (Å²) in [5, 5.41) is 8.50. The molecule has 3 nitrogen and oxygen atoms in total. The lowest BCUT2D eigenvalue weighted by Crippen LogP contribution is -2.04. The van der Waals surface area contributed by atoms with Gasteiger partial charge in [0.2, 0.25) is 0 Å². The third-order valence-electron chi connectivity index (χ3n) is 1.47. The van der Waals surface area contributed by atoms with Gasteiger partial charge in [-0.2, -0.15) is 5.26 Å². The zero-order chi connectivity index (χ0) is 8.81. The van der Waals surface area contributed by atoms with Crippen LogP contribution in [0.15, 0.2) is 24.3 Å². The van der Waals surface area contributed by atoms with Crippen molar-refractivity contribution in [2.45, 2.75) is 6.61 Å². The molecule has 0 unspecified atom stereocenters. The van der Waals surface area contributed by atoms with Crippen molar-refractivity contribution in [2.24, 2.45) is 5.73 Å². The number of rotatable bonds is 3. The minimum Gasteiger partial charge on any atom is -0.362 e. The number of hydrogen-bond acceptors (Lipinski definition) is 3. The second-order valence-corrected chi connectivity index (χ2v) is 2.32. The Bertz CT molecular complexity index is 274. The fourth-order valence-corrected chi connectivity index (χ4v) is 0.852. The van der Waals surface area contributed by atoms with Gasteiger partial charge in [-0.15, -0.1) is 0 Å². The highest BCUT2D eigenvalue weighted by Crippen LogP contribution is 2.03. The van der Waals surface area contributed by atoms with Gasteiger partial charge in [0, 0.05) is 0 Å². The standard InChI is InChI=1S/C9H10N2O/c10-5-8-1-3-9(4-2-8)6-12-7-11/h1-4H,6-7,11H2. The molecule has 0 saturated carbocycles. The van der Waals surface area contributed by atoms with Crippen molar-refractivity contribution in [3.05, 3.63) is 35.4 Å². The predicted molar refractivity (Wildman–Crippen MR) is 45.0 cm³/mol. The molecule has 0 atom stereocenters. The summed E-state index contributed by atoms with van der Waals surface area (Å²) in [5.41, 5.74) is 6.84. The average Bonchev–Trinajstić information content (AvgIpc) is 2.15. The number of nitrogens with zero attached hydrogens (tertiary/aromatic N) is 1. The fraction of sp³-hybridized carbons (Fsp3) is 0.222. The first-order valence-corrected chi connectivity index (χ1v) is 3.63. The van der Waals surface area contributed by atoms with Crippen molar-refractivity contribution in [3.63, 3.8) is 0 Å². The van der Waals surface area contributed by atoms with Crippen LogP contribution in [0.25, 0.3) is 0 Å². The fourth-order valence-electron chi connectivity index (χ4n) is 0.852. The maximum Gasteiger partial charge on any atom is 0.0991 e. The summed E-state index contributed by atoms with van der Waals surface area (Å²) in [6.45, 7) is 0.724. The van der Waals surface area contributed by atoms with Crippen molar-refractivity contribution >= 4 is 0 Å². The van der Waals surface area contributed by atoms with Crippen molar-refractivity contribution in [1.29, 1.82) is 5.26 Å². The molecule has 0 aliphatic heterocycles. The van der Waals surface area contributed by atoms with Crippen LogP contribution in [0, 0.1) is 11.3 Å². The third kappa shape index (κ3) is 2.35. The van der Waals surface area contributed by atoms with Gasteiger partial charge in [0.25, 0.3) is 0 Å². The lowest BCUT2D eigenvalue weighted by Gasteiger charge is -2.00. The van der Waals surface area contributed by atoms with Gasteiger partial charge in [0.1, 0.15) is 0 Å². The van der Waals surface area contributed by atoms with Crippen molar-refractivity contribution < 1.29 is 4.74 Å². The molecule has 12 heavy (non-hydrogen) atoms. The Morgan fingerprint density at radius 3 is 2.50 bits per heavy atom. The van der Waals surface area contributed by atoms with Crippen LogP contribution in [-0.2, 0) is 11.3 Å². The van der Waals surface area contributed by atoms with Crippen LogP contribution in [0.2, 0.25) is 0 Å². The first-order valence-electron chi connectivity index (χ1n) is 3.63. The topological polar surface area (TPSA) is 59.0 Å². The lowest BCUT2D eigenvalue weighted by atomic mass is 10.2. The summed E-state index contributed by atoms with van der Waals surface area (Å²) < 4.78 is 4.99. The number of hydrogen-bond donors (Lipinski definition) is 1. The van der Waals surface area contributed by atoms with Crippen molar-refractivity contribution in [1.82, 2.24) is 0 Å². The highest BCUT2D eigenvalue weighted by atomic mass is 16.5. The Kier molecular flexibility index (Phi) is 3.27. The van der Waals surface area contributed by atoms with Crippen LogP contribution in [0.1, 0.15) is 11.1 Å². The van der Waals surface area contributed by atoms with Gasteiger partial charge in [-0.1, -0.05) is 12.1 Å². The zero-order valence-corrected chi connectivity index (χ0v) is 6.66. The lowest BCUT2D eigenvalue weighted by molar-refractivity contribution is 0.127. The van der Waals surface area contributed by atoms with E-state index >= 15 is 0 Å². The molecule has 62 valence electrons. The molecular weight excluding hydrogens is 152 g/mol. The number of nitrogens with two attached hydrogens (primary N) is 1. The highest BCUT2D eigenvalue weighted by Gasteiger charge is 1.92. The minimum absolute atomic E-state index is 0.222. The molecule has 0 aliphatic rings. The molecule has 0 radical (unpaired) electrons. The minimum atomic E-state index is 0.222. The van der Waals surface area contributed by atoms with E-state index in [0.29, 0.717) is 12.2 Å². The Labute approximate surface area is 71.4 Å². The molecule has 3 heteroatoms. The molecule has 2 N–H and O–H groups in total. The van der Waals surface area contributed by atoms with Gasteiger partial charge in [0.15, 0.2) is 0 Å². The average molecular weight is 162 g/mol. The Morgan fingerprint density at radius 2 is 2.00 bits per heavy atom. The molecule has 0 heterocycles. The third-order valence-corrected chi connectivity index (χ3v) is 1.47. The number of nitriles is 1. The zero-order valence-electron chi connectivity index (χ0n) is 6.66. The summed E-state index contributed by atoms with van der Waals surface area (Å²) in [4.78, 5) is 0. The van der Waals surface area contributed by atoms with Gasteiger partial charge in [-0.05, 0) is 17.7 Å². The van der Waals surface area contributed by atoms with E-state index in [9.17, 15) is 0 Å². The number of ether oxygens (including phenoxy) is 1. The van der Waals surface area contributed by atoms with E-state index in [2.05, 4.69) is 0 Å². The monoisotopic (exact) mass is 162 g/mol. The van der Waals surface area contributed by atoms with Crippen LogP contribution in [-0.4, -0.2) is 6.73 Å². The van der Waals surface area contributed by atoms with E-state index in [-0.39, 0.29) is 6.73 Å². The largest absolute Gasteiger partial charge is 0.362 e. The SMILES string of the molecule is N#Cc1ccc(COCN)cc1. The van der Waals surface area contributed by atoms with Gasteiger partial charge < -0.3 is 10.5 Å². The molecule has 1 aromatic rings. The summed E-state index contributed by atoms with van der Waals surface area (Å²) in [7, 11) is 0. The Morgan fingerprint density at radius 1 is 1.33 bits per heavy atom. The van der Waals surface area contributed by atoms with Crippen LogP contribution in [0.5, 0.6) is 0 Å². The predicted octanol–water partition coefficient (Wildman–Crippen LogP) is 0.991. The maximum atomic E-state index is 8.50. The molecule has 0 aromatic heterocycles. The normalized spacial score (nSPS) is 9.33. The van der Waals surface area contributed by atoms with Crippen LogP contribution in [0.4, 0.5) is 0 Å². The maximum absolute atomic E-state index is 8.50. The van der Waals surface area contributed by atoms with Crippen LogP contribution < -0.4 is 5.73 Å². The first-order chi connectivity index (χ1) is 5.86. The second kappa shape index (κ2) is 4.50. The van der Waals surface area contributed by atoms with E-state index in [1.54, 1.807) is 12.1 Å². The molecule has 0 amide bonds. The molecule has 0 aliphatic carbocycles. The van der Waals surface area contributed by atoms with Gasteiger partial charge >= 0.3 is 0 Å². The quantitative estimate of drug-likeness (QED) is 0.674.